The van der Waals surface area contributed by atoms with Gasteiger partial charge in [0.15, 0.2) is 11.5 Å². The van der Waals surface area contributed by atoms with Gasteiger partial charge in [0.25, 0.3) is 0 Å². The Kier molecular flexibility index (Phi) is 5.82. The first-order chi connectivity index (χ1) is 13.0. The minimum atomic E-state index is -0.625. The van der Waals surface area contributed by atoms with E-state index in [1.807, 2.05) is 0 Å². The number of amides is 4. The summed E-state index contributed by atoms with van der Waals surface area (Å²) in [5, 5.41) is 7.50. The number of thioether (sulfide) groups is 1. The Morgan fingerprint density at radius 2 is 1.67 bits per heavy atom. The second kappa shape index (κ2) is 8.45. The molecule has 0 saturated heterocycles. The van der Waals surface area contributed by atoms with E-state index in [1.165, 1.54) is 18.7 Å². The van der Waals surface area contributed by atoms with Crippen LogP contribution in [-0.2, 0) is 9.59 Å². The first kappa shape index (κ1) is 18.6. The molecular weight excluding hydrogens is 370 g/mol. The lowest BCUT2D eigenvalue weighted by Crippen LogP contribution is -2.35. The first-order valence-corrected chi connectivity index (χ1v) is 8.99. The molecule has 2 aromatic rings. The van der Waals surface area contributed by atoms with Gasteiger partial charge in [-0.2, -0.15) is 0 Å². The van der Waals surface area contributed by atoms with Crippen LogP contribution in [0, 0.1) is 0 Å². The topological polar surface area (TPSA) is 106 Å². The second-order valence-electron chi connectivity index (χ2n) is 5.56. The molecule has 3 N–H and O–H groups in total. The molecular formula is C18H17N3O5S. The molecule has 0 atom stereocenters. The predicted molar refractivity (Wildman–Crippen MR) is 101 cm³/mol. The summed E-state index contributed by atoms with van der Waals surface area (Å²) in [7, 11) is 0. The fraction of sp³-hybridized carbons (Fsp3) is 0.167. The van der Waals surface area contributed by atoms with Crippen molar-refractivity contribution >= 4 is 41.0 Å². The molecule has 0 spiro atoms. The molecule has 0 unspecified atom stereocenters. The van der Waals surface area contributed by atoms with Gasteiger partial charge in [-0.3, -0.25) is 14.9 Å². The minimum absolute atomic E-state index is 0.0774. The highest BCUT2D eigenvalue weighted by molar-refractivity contribution is 8.00. The molecule has 0 fully saturated rings. The number of carbonyl (C=O) groups excluding carboxylic acids is 3. The van der Waals surface area contributed by atoms with Crippen molar-refractivity contribution in [2.45, 2.75) is 11.8 Å². The van der Waals surface area contributed by atoms with Crippen molar-refractivity contribution in [3.8, 4) is 11.5 Å². The van der Waals surface area contributed by atoms with Gasteiger partial charge in [0.2, 0.25) is 18.6 Å². The number of hydrogen-bond donors (Lipinski definition) is 3. The van der Waals surface area contributed by atoms with Crippen molar-refractivity contribution in [2.75, 3.05) is 23.2 Å². The van der Waals surface area contributed by atoms with E-state index in [0.717, 1.165) is 4.90 Å². The van der Waals surface area contributed by atoms with Crippen LogP contribution in [0.3, 0.4) is 0 Å². The third-order valence-electron chi connectivity index (χ3n) is 3.43. The number of nitrogens with one attached hydrogen (secondary N) is 3. The molecule has 0 radical (unpaired) electrons. The van der Waals surface area contributed by atoms with Crippen molar-refractivity contribution < 1.29 is 23.9 Å². The lowest BCUT2D eigenvalue weighted by atomic mass is 10.3. The summed E-state index contributed by atoms with van der Waals surface area (Å²) in [5.74, 6) is 0.649. The predicted octanol–water partition coefficient (Wildman–Crippen LogP) is 2.81. The van der Waals surface area contributed by atoms with Crippen LogP contribution in [0.15, 0.2) is 47.4 Å². The molecule has 9 heteroatoms. The average Bonchev–Trinajstić information content (AvgIpc) is 3.08. The molecule has 1 aliphatic rings. The maximum atomic E-state index is 11.9. The number of carbonyl (C=O) groups is 3. The lowest BCUT2D eigenvalue weighted by Gasteiger charge is -2.08. The van der Waals surface area contributed by atoms with Gasteiger partial charge in [-0.1, -0.05) is 0 Å². The van der Waals surface area contributed by atoms with E-state index >= 15 is 0 Å². The highest BCUT2D eigenvalue weighted by Crippen LogP contribution is 2.34. The van der Waals surface area contributed by atoms with E-state index < -0.39 is 11.9 Å². The van der Waals surface area contributed by atoms with Crippen LogP contribution in [0.2, 0.25) is 0 Å². The molecule has 0 saturated carbocycles. The van der Waals surface area contributed by atoms with E-state index in [9.17, 15) is 14.4 Å². The maximum absolute atomic E-state index is 11.9. The van der Waals surface area contributed by atoms with Crippen molar-refractivity contribution in [1.82, 2.24) is 5.32 Å². The Balaban J connectivity index is 1.44. The molecule has 140 valence electrons. The fourth-order valence-corrected chi connectivity index (χ4v) is 2.98. The molecule has 1 aliphatic heterocycles. The van der Waals surface area contributed by atoms with E-state index in [2.05, 4.69) is 16.0 Å². The summed E-state index contributed by atoms with van der Waals surface area (Å²) in [6, 6.07) is 11.4. The number of imide groups is 1. The van der Waals surface area contributed by atoms with Crippen LogP contribution < -0.4 is 25.4 Å². The smallest absolute Gasteiger partial charge is 0.325 e. The standard InChI is InChI=1S/C18H17N3O5S/c1-11(22)19-12-2-5-14(6-3-12)27-9-17(23)21-18(24)20-13-4-7-15-16(8-13)26-10-25-15/h2-8H,9-10H2,1H3,(H,19,22)(H2,20,21,23,24). The largest absolute Gasteiger partial charge is 0.454 e. The Morgan fingerprint density at radius 1 is 0.963 bits per heavy atom. The zero-order valence-electron chi connectivity index (χ0n) is 14.4. The number of hydrogen-bond acceptors (Lipinski definition) is 6. The number of benzene rings is 2. The van der Waals surface area contributed by atoms with Crippen molar-refractivity contribution in [1.29, 1.82) is 0 Å². The monoisotopic (exact) mass is 387 g/mol. The van der Waals surface area contributed by atoms with Gasteiger partial charge in [0, 0.05) is 29.3 Å². The number of rotatable bonds is 5. The molecule has 2 aromatic carbocycles. The van der Waals surface area contributed by atoms with E-state index in [0.29, 0.717) is 22.9 Å². The molecule has 27 heavy (non-hydrogen) atoms. The molecule has 1 heterocycles. The van der Waals surface area contributed by atoms with Gasteiger partial charge >= 0.3 is 6.03 Å². The molecule has 0 aromatic heterocycles. The summed E-state index contributed by atoms with van der Waals surface area (Å²) < 4.78 is 10.4. The summed E-state index contributed by atoms with van der Waals surface area (Å²) in [6.45, 7) is 1.58. The summed E-state index contributed by atoms with van der Waals surface area (Å²) in [6.07, 6.45) is 0. The fourth-order valence-electron chi connectivity index (χ4n) is 2.29. The van der Waals surface area contributed by atoms with E-state index in [1.54, 1.807) is 42.5 Å². The quantitative estimate of drug-likeness (QED) is 0.682. The van der Waals surface area contributed by atoms with Crippen LogP contribution in [0.25, 0.3) is 0 Å². The second-order valence-corrected chi connectivity index (χ2v) is 6.61. The molecule has 4 amide bonds. The van der Waals surface area contributed by atoms with Gasteiger partial charge in [-0.25, -0.2) is 4.79 Å². The van der Waals surface area contributed by atoms with Crippen molar-refractivity contribution in [3.63, 3.8) is 0 Å². The zero-order valence-corrected chi connectivity index (χ0v) is 15.2. The zero-order chi connectivity index (χ0) is 19.2. The minimum Gasteiger partial charge on any atom is -0.454 e. The number of fused-ring (bicyclic) bond motifs is 1. The highest BCUT2D eigenvalue weighted by atomic mass is 32.2. The number of ether oxygens (including phenoxy) is 2. The Morgan fingerprint density at radius 3 is 2.41 bits per heavy atom. The number of urea groups is 1. The molecule has 0 aliphatic carbocycles. The molecule has 3 rings (SSSR count). The van der Waals surface area contributed by atoms with Crippen LogP contribution in [0.5, 0.6) is 11.5 Å². The Hall–Kier alpha value is -3.20. The van der Waals surface area contributed by atoms with Gasteiger partial charge < -0.3 is 20.1 Å². The summed E-state index contributed by atoms with van der Waals surface area (Å²) in [5.41, 5.74) is 1.17. The lowest BCUT2D eigenvalue weighted by molar-refractivity contribution is -0.117. The van der Waals surface area contributed by atoms with E-state index in [4.69, 9.17) is 9.47 Å². The molecule has 8 nitrogen and oxygen atoms in total. The van der Waals surface area contributed by atoms with Crippen molar-refractivity contribution in [2.24, 2.45) is 0 Å². The van der Waals surface area contributed by atoms with Gasteiger partial charge in [-0.15, -0.1) is 11.8 Å². The van der Waals surface area contributed by atoms with E-state index in [-0.39, 0.29) is 18.5 Å². The number of anilines is 2. The normalized spacial score (nSPS) is 11.6. The average molecular weight is 387 g/mol. The summed E-state index contributed by atoms with van der Waals surface area (Å²) >= 11 is 1.28. The summed E-state index contributed by atoms with van der Waals surface area (Å²) in [4.78, 5) is 35.7. The van der Waals surface area contributed by atoms with Crippen molar-refractivity contribution in [3.05, 3.63) is 42.5 Å². The van der Waals surface area contributed by atoms with Crippen LogP contribution in [-0.4, -0.2) is 30.4 Å². The van der Waals surface area contributed by atoms with Gasteiger partial charge in [0.05, 0.1) is 5.75 Å². The third-order valence-corrected chi connectivity index (χ3v) is 4.44. The van der Waals surface area contributed by atoms with Gasteiger partial charge in [0.1, 0.15) is 0 Å². The Labute approximate surface area is 159 Å². The first-order valence-electron chi connectivity index (χ1n) is 8.00. The SMILES string of the molecule is CC(=O)Nc1ccc(SCC(=O)NC(=O)Nc2ccc3c(c2)OCO3)cc1. The molecule has 0 bridgehead atoms. The van der Waals surface area contributed by atoms with Gasteiger partial charge in [-0.05, 0) is 36.4 Å². The maximum Gasteiger partial charge on any atom is 0.325 e. The third kappa shape index (κ3) is 5.38. The highest BCUT2D eigenvalue weighted by Gasteiger charge is 2.15. The Bertz CT molecular complexity index is 870. The van der Waals surface area contributed by atoms with Crippen LogP contribution in [0.4, 0.5) is 16.2 Å². The van der Waals surface area contributed by atoms with Crippen LogP contribution >= 0.6 is 11.8 Å². The van der Waals surface area contributed by atoms with Crippen LogP contribution in [0.1, 0.15) is 6.92 Å².